The molecule has 3 rings (SSSR count). The first kappa shape index (κ1) is 20.6. The van der Waals surface area contributed by atoms with Gasteiger partial charge in [-0.2, -0.15) is 0 Å². The molecule has 0 aromatic carbocycles. The van der Waals surface area contributed by atoms with E-state index < -0.39 is 0 Å². The molecule has 3 aliphatic heterocycles. The van der Waals surface area contributed by atoms with Crippen LogP contribution in [0, 0.1) is 11.3 Å². The van der Waals surface area contributed by atoms with Crippen molar-refractivity contribution < 1.29 is 19.2 Å². The van der Waals surface area contributed by atoms with E-state index in [2.05, 4.69) is 13.8 Å². The molecule has 3 heterocycles. The van der Waals surface area contributed by atoms with Crippen LogP contribution in [0.25, 0.3) is 0 Å². The lowest BCUT2D eigenvalue weighted by molar-refractivity contribution is -0.146. The van der Waals surface area contributed by atoms with Gasteiger partial charge in [-0.25, -0.2) is 0 Å². The molecule has 0 N–H and O–H groups in total. The highest BCUT2D eigenvalue weighted by Gasteiger charge is 2.42. The summed E-state index contributed by atoms with van der Waals surface area (Å²) >= 11 is 0. The van der Waals surface area contributed by atoms with Gasteiger partial charge in [0.15, 0.2) is 5.78 Å². The predicted octanol–water partition coefficient (Wildman–Crippen LogP) is 1.58. The molecule has 7 heteroatoms. The van der Waals surface area contributed by atoms with Crippen LogP contribution in [0.5, 0.6) is 0 Å². The van der Waals surface area contributed by atoms with Crippen LogP contribution in [0.3, 0.4) is 0 Å². The highest BCUT2D eigenvalue weighted by Crippen LogP contribution is 2.39. The van der Waals surface area contributed by atoms with Crippen LogP contribution in [-0.2, 0) is 19.2 Å². The molecule has 2 saturated heterocycles. The van der Waals surface area contributed by atoms with Crippen LogP contribution in [0.2, 0.25) is 0 Å². The van der Waals surface area contributed by atoms with Gasteiger partial charge in [0.25, 0.3) is 0 Å². The van der Waals surface area contributed by atoms with E-state index in [0.717, 1.165) is 38.8 Å². The summed E-state index contributed by atoms with van der Waals surface area (Å²) in [6.45, 7) is 7.14. The summed E-state index contributed by atoms with van der Waals surface area (Å²) in [5, 5.41) is 0. The molecule has 1 atom stereocenters. The highest BCUT2D eigenvalue weighted by atomic mass is 16.2. The molecular weight excluding hydrogens is 358 g/mol. The Kier molecular flexibility index (Phi) is 6.20. The number of nitrogens with zero attached hydrogens (tertiary/aromatic N) is 3. The van der Waals surface area contributed by atoms with E-state index in [9.17, 15) is 19.2 Å². The van der Waals surface area contributed by atoms with E-state index >= 15 is 0 Å². The number of piperidine rings is 2. The van der Waals surface area contributed by atoms with Crippen LogP contribution in [-0.4, -0.2) is 70.9 Å². The van der Waals surface area contributed by atoms with Gasteiger partial charge in [0.1, 0.15) is 6.54 Å². The monoisotopic (exact) mass is 389 g/mol. The number of ketones is 1. The number of hydrogen-bond donors (Lipinski definition) is 0. The molecule has 1 spiro atoms. The summed E-state index contributed by atoms with van der Waals surface area (Å²) in [4.78, 5) is 53.6. The normalized spacial score (nSPS) is 26.0. The Hall–Kier alpha value is -2.18. The predicted molar refractivity (Wildman–Crippen MR) is 104 cm³/mol. The fraction of sp³-hybridized carbons (Fsp3) is 0.714. The lowest BCUT2D eigenvalue weighted by Gasteiger charge is -2.48. The lowest BCUT2D eigenvalue weighted by Crippen LogP contribution is -2.56. The van der Waals surface area contributed by atoms with Crippen molar-refractivity contribution in [1.82, 2.24) is 14.7 Å². The van der Waals surface area contributed by atoms with Crippen LogP contribution in [0.4, 0.5) is 0 Å². The Balaban J connectivity index is 1.62. The molecular formula is C21H31N3O4. The number of carbonyl (C=O) groups excluding carboxylic acids is 4. The van der Waals surface area contributed by atoms with Crippen molar-refractivity contribution in [2.45, 2.75) is 52.4 Å². The molecule has 0 aliphatic carbocycles. The fourth-order valence-corrected chi connectivity index (χ4v) is 4.43. The van der Waals surface area contributed by atoms with Crippen molar-refractivity contribution in [2.75, 3.05) is 32.7 Å². The number of allylic oxidation sites excluding steroid dienone is 1. The quantitative estimate of drug-likeness (QED) is 0.669. The van der Waals surface area contributed by atoms with Crippen molar-refractivity contribution in [1.29, 1.82) is 0 Å². The summed E-state index contributed by atoms with van der Waals surface area (Å²) in [7, 11) is 0. The van der Waals surface area contributed by atoms with Gasteiger partial charge in [-0.1, -0.05) is 13.8 Å². The van der Waals surface area contributed by atoms with Crippen LogP contribution >= 0.6 is 0 Å². The zero-order valence-corrected chi connectivity index (χ0v) is 17.0. The smallest absolute Gasteiger partial charge is 0.242 e. The average Bonchev–Trinajstić information content (AvgIpc) is 2.65. The number of carbonyl (C=O) groups is 4. The zero-order valence-electron chi connectivity index (χ0n) is 17.0. The van der Waals surface area contributed by atoms with Gasteiger partial charge in [-0.3, -0.25) is 19.2 Å². The molecule has 28 heavy (non-hydrogen) atoms. The molecule has 1 unspecified atom stereocenters. The third-order valence-corrected chi connectivity index (χ3v) is 6.13. The summed E-state index contributed by atoms with van der Waals surface area (Å²) in [5.41, 5.74) is -0.0312. The van der Waals surface area contributed by atoms with Crippen LogP contribution in [0.15, 0.2) is 12.3 Å². The van der Waals surface area contributed by atoms with Crippen molar-refractivity contribution in [3.05, 3.63) is 12.3 Å². The molecule has 0 bridgehead atoms. The minimum atomic E-state index is -0.323. The van der Waals surface area contributed by atoms with E-state index in [1.807, 2.05) is 9.80 Å². The van der Waals surface area contributed by atoms with E-state index in [1.54, 1.807) is 0 Å². The minimum Gasteiger partial charge on any atom is -0.342 e. The Morgan fingerprint density at radius 2 is 1.93 bits per heavy atom. The highest BCUT2D eigenvalue weighted by molar-refractivity contribution is 6.07. The van der Waals surface area contributed by atoms with E-state index in [1.165, 1.54) is 17.2 Å². The van der Waals surface area contributed by atoms with Crippen molar-refractivity contribution in [2.24, 2.45) is 11.3 Å². The van der Waals surface area contributed by atoms with Gasteiger partial charge >= 0.3 is 0 Å². The second-order valence-electron chi connectivity index (χ2n) is 8.90. The van der Waals surface area contributed by atoms with Crippen molar-refractivity contribution in [3.63, 3.8) is 0 Å². The Morgan fingerprint density at radius 3 is 2.64 bits per heavy atom. The number of amides is 3. The maximum Gasteiger partial charge on any atom is 0.242 e. The molecule has 0 radical (unpaired) electrons. The third-order valence-electron chi connectivity index (χ3n) is 6.13. The second kappa shape index (κ2) is 8.45. The maximum atomic E-state index is 12.8. The van der Waals surface area contributed by atoms with Crippen molar-refractivity contribution >= 4 is 23.5 Å². The third kappa shape index (κ3) is 4.80. The van der Waals surface area contributed by atoms with Gasteiger partial charge in [-0.15, -0.1) is 0 Å². The zero-order chi connectivity index (χ0) is 20.3. The Bertz CT molecular complexity index is 687. The summed E-state index contributed by atoms with van der Waals surface area (Å²) in [5.74, 6) is 0.146. The van der Waals surface area contributed by atoms with Crippen molar-refractivity contribution in [3.8, 4) is 0 Å². The molecule has 0 aromatic rings. The van der Waals surface area contributed by atoms with Crippen LogP contribution < -0.4 is 0 Å². The standard InChI is InChI=1S/C21H31N3O4/c1-16(2)5-10-24-15-21(8-4-18(24)26)7-3-9-23(14-21)20(28)13-22-11-6-17(25)12-19(22)27/h6,11,16H,3-5,7-10,12-15H2,1-2H3. The van der Waals surface area contributed by atoms with Gasteiger partial charge in [0.05, 0.1) is 6.42 Å². The fourth-order valence-electron chi connectivity index (χ4n) is 4.43. The summed E-state index contributed by atoms with van der Waals surface area (Å²) < 4.78 is 0. The Labute approximate surface area is 166 Å². The largest absolute Gasteiger partial charge is 0.342 e. The average molecular weight is 389 g/mol. The summed E-state index contributed by atoms with van der Waals surface area (Å²) in [6, 6.07) is 0. The number of hydrogen-bond acceptors (Lipinski definition) is 4. The first-order valence-corrected chi connectivity index (χ1v) is 10.3. The molecule has 154 valence electrons. The van der Waals surface area contributed by atoms with E-state index in [0.29, 0.717) is 25.4 Å². The number of rotatable bonds is 5. The molecule has 2 fully saturated rings. The topological polar surface area (TPSA) is 78.0 Å². The first-order valence-electron chi connectivity index (χ1n) is 10.3. The van der Waals surface area contributed by atoms with Gasteiger partial charge in [0, 0.05) is 44.2 Å². The SMILES string of the molecule is CC(C)CCN1CC2(CCCN(C(=O)CN3C=CC(=O)CC3=O)C2)CCC1=O. The van der Waals surface area contributed by atoms with Gasteiger partial charge < -0.3 is 14.7 Å². The van der Waals surface area contributed by atoms with Crippen LogP contribution in [0.1, 0.15) is 52.4 Å². The minimum absolute atomic E-state index is 0.0192. The van der Waals surface area contributed by atoms with Gasteiger partial charge in [0.2, 0.25) is 17.7 Å². The summed E-state index contributed by atoms with van der Waals surface area (Å²) in [6.07, 6.45) is 6.91. The molecule has 0 aromatic heterocycles. The lowest BCUT2D eigenvalue weighted by atomic mass is 9.73. The molecule has 3 amide bonds. The van der Waals surface area contributed by atoms with E-state index in [4.69, 9.17) is 0 Å². The van der Waals surface area contributed by atoms with E-state index in [-0.39, 0.29) is 41.9 Å². The number of likely N-dealkylation sites (tertiary alicyclic amines) is 2. The molecule has 7 nitrogen and oxygen atoms in total. The molecule has 0 saturated carbocycles. The second-order valence-corrected chi connectivity index (χ2v) is 8.90. The van der Waals surface area contributed by atoms with Gasteiger partial charge in [-0.05, 0) is 37.7 Å². The molecule has 3 aliphatic rings. The first-order chi connectivity index (χ1) is 13.3. The Morgan fingerprint density at radius 1 is 1.14 bits per heavy atom. The maximum absolute atomic E-state index is 12.8.